The molecule has 0 unspecified atom stereocenters. The summed E-state index contributed by atoms with van der Waals surface area (Å²) < 4.78 is 7.17. The Kier molecular flexibility index (Phi) is 5.05. The molecule has 0 saturated heterocycles. The average molecular weight is 389 g/mol. The molecule has 0 atom stereocenters. The van der Waals surface area contributed by atoms with E-state index in [1.165, 1.54) is 19.2 Å². The van der Waals surface area contributed by atoms with Crippen LogP contribution in [0.4, 0.5) is 5.69 Å². The minimum Gasteiger partial charge on any atom is -0.495 e. The zero-order valence-corrected chi connectivity index (χ0v) is 15.5. The third-order valence-corrected chi connectivity index (χ3v) is 4.81. The highest BCUT2D eigenvalue weighted by Gasteiger charge is 2.19. The van der Waals surface area contributed by atoms with E-state index in [1.54, 1.807) is 24.3 Å². The Hall–Kier alpha value is -3.06. The van der Waals surface area contributed by atoms with Gasteiger partial charge in [0.15, 0.2) is 0 Å². The Labute approximate surface area is 159 Å². The van der Waals surface area contributed by atoms with Crippen LogP contribution < -0.4 is 4.74 Å². The predicted molar refractivity (Wildman–Crippen MR) is 102 cm³/mol. The molecule has 1 aromatic heterocycles. The summed E-state index contributed by atoms with van der Waals surface area (Å²) in [5.74, 6) is -0.482. The predicted octanol–water partition coefficient (Wildman–Crippen LogP) is 4.20. The summed E-state index contributed by atoms with van der Waals surface area (Å²) in [5.41, 5.74) is 2.92. The SMILES string of the molecule is COc1cc2c(CC(=O)O)c(C)n(Cc3cccc([N+](=O)[O-])c3)c2cc1Cl. The van der Waals surface area contributed by atoms with Crippen LogP contribution in [0.15, 0.2) is 36.4 Å². The number of ether oxygens (including phenoxy) is 1. The summed E-state index contributed by atoms with van der Waals surface area (Å²) in [6.45, 7) is 2.18. The molecule has 0 aliphatic rings. The summed E-state index contributed by atoms with van der Waals surface area (Å²) in [6.07, 6.45) is -0.144. The highest BCUT2D eigenvalue weighted by molar-refractivity contribution is 6.32. The van der Waals surface area contributed by atoms with E-state index in [4.69, 9.17) is 16.3 Å². The van der Waals surface area contributed by atoms with Gasteiger partial charge in [0.2, 0.25) is 0 Å². The molecule has 8 heteroatoms. The van der Waals surface area contributed by atoms with Gasteiger partial charge >= 0.3 is 5.97 Å². The first-order valence-corrected chi connectivity index (χ1v) is 8.50. The number of benzene rings is 2. The molecule has 0 amide bonds. The maximum absolute atomic E-state index is 11.3. The first-order chi connectivity index (χ1) is 12.8. The zero-order chi connectivity index (χ0) is 19.7. The molecule has 27 heavy (non-hydrogen) atoms. The van der Waals surface area contributed by atoms with Crippen molar-refractivity contribution in [3.8, 4) is 5.75 Å². The quantitative estimate of drug-likeness (QED) is 0.504. The van der Waals surface area contributed by atoms with Crippen molar-refractivity contribution >= 4 is 34.2 Å². The van der Waals surface area contributed by atoms with E-state index in [0.717, 1.165) is 22.2 Å². The van der Waals surface area contributed by atoms with Crippen molar-refractivity contribution < 1.29 is 19.6 Å². The molecule has 0 saturated carbocycles. The Morgan fingerprint density at radius 3 is 2.70 bits per heavy atom. The summed E-state index contributed by atoms with van der Waals surface area (Å²) in [6, 6.07) is 9.82. The van der Waals surface area contributed by atoms with Gasteiger partial charge in [-0.25, -0.2) is 0 Å². The van der Waals surface area contributed by atoms with Gasteiger partial charge in [-0.1, -0.05) is 23.7 Å². The monoisotopic (exact) mass is 388 g/mol. The second kappa shape index (κ2) is 7.28. The second-order valence-corrected chi connectivity index (χ2v) is 6.56. The normalized spacial score (nSPS) is 10.9. The van der Waals surface area contributed by atoms with E-state index in [9.17, 15) is 20.0 Å². The number of aliphatic carboxylic acids is 1. The van der Waals surface area contributed by atoms with Gasteiger partial charge in [0, 0.05) is 29.8 Å². The number of halogens is 1. The minimum atomic E-state index is -0.943. The van der Waals surface area contributed by atoms with Gasteiger partial charge in [0.05, 0.1) is 29.0 Å². The van der Waals surface area contributed by atoms with Crippen molar-refractivity contribution in [3.05, 3.63) is 68.4 Å². The molecule has 7 nitrogen and oxygen atoms in total. The number of nitro groups is 1. The fraction of sp³-hybridized carbons (Fsp3) is 0.211. The summed E-state index contributed by atoms with van der Waals surface area (Å²) in [4.78, 5) is 21.9. The van der Waals surface area contributed by atoms with Gasteiger partial charge in [0.25, 0.3) is 5.69 Å². The molecule has 0 bridgehead atoms. The summed E-state index contributed by atoms with van der Waals surface area (Å²) >= 11 is 6.27. The number of nitro benzene ring substituents is 1. The van der Waals surface area contributed by atoms with Crippen LogP contribution in [0.5, 0.6) is 5.75 Å². The van der Waals surface area contributed by atoms with Gasteiger partial charge in [0.1, 0.15) is 5.75 Å². The van der Waals surface area contributed by atoms with Gasteiger partial charge < -0.3 is 14.4 Å². The molecule has 140 valence electrons. The molecule has 2 aromatic carbocycles. The van der Waals surface area contributed by atoms with Crippen molar-refractivity contribution in [1.29, 1.82) is 0 Å². The molecule has 0 aliphatic carbocycles. The Balaban J connectivity index is 2.18. The molecule has 0 spiro atoms. The number of carbonyl (C=O) groups is 1. The average Bonchev–Trinajstić information content (AvgIpc) is 2.86. The number of carboxylic acids is 1. The molecule has 1 N–H and O–H groups in total. The van der Waals surface area contributed by atoms with E-state index < -0.39 is 10.9 Å². The summed E-state index contributed by atoms with van der Waals surface area (Å²) in [7, 11) is 1.50. The smallest absolute Gasteiger partial charge is 0.307 e. The molecule has 3 aromatic rings. The van der Waals surface area contributed by atoms with Gasteiger partial charge in [-0.15, -0.1) is 0 Å². The minimum absolute atomic E-state index is 0.00655. The van der Waals surface area contributed by atoms with Gasteiger partial charge in [-0.05, 0) is 30.2 Å². The lowest BCUT2D eigenvalue weighted by atomic mass is 10.1. The van der Waals surface area contributed by atoms with E-state index in [1.807, 2.05) is 11.5 Å². The Bertz CT molecular complexity index is 1060. The van der Waals surface area contributed by atoms with E-state index >= 15 is 0 Å². The number of methoxy groups -OCH3 is 1. The van der Waals surface area contributed by atoms with Gasteiger partial charge in [-0.3, -0.25) is 14.9 Å². The topological polar surface area (TPSA) is 94.6 Å². The highest BCUT2D eigenvalue weighted by Crippen LogP contribution is 2.35. The zero-order valence-electron chi connectivity index (χ0n) is 14.7. The fourth-order valence-corrected chi connectivity index (χ4v) is 3.47. The van der Waals surface area contributed by atoms with Crippen molar-refractivity contribution in [2.24, 2.45) is 0 Å². The number of non-ortho nitro benzene ring substituents is 1. The molecule has 3 rings (SSSR count). The van der Waals surface area contributed by atoms with Crippen LogP contribution in [0, 0.1) is 17.0 Å². The lowest BCUT2D eigenvalue weighted by molar-refractivity contribution is -0.384. The number of hydrogen-bond donors (Lipinski definition) is 1. The maximum Gasteiger partial charge on any atom is 0.307 e. The molecular formula is C19H17ClN2O5. The van der Waals surface area contributed by atoms with Crippen molar-refractivity contribution in [1.82, 2.24) is 4.57 Å². The third kappa shape index (κ3) is 3.59. The number of fused-ring (bicyclic) bond motifs is 1. The Morgan fingerprint density at radius 2 is 2.07 bits per heavy atom. The van der Waals surface area contributed by atoms with E-state index in [-0.39, 0.29) is 12.1 Å². The first kappa shape index (κ1) is 18.7. The van der Waals surface area contributed by atoms with Crippen LogP contribution in [0.2, 0.25) is 5.02 Å². The third-order valence-electron chi connectivity index (χ3n) is 4.52. The Morgan fingerprint density at radius 1 is 1.33 bits per heavy atom. The molecular weight excluding hydrogens is 372 g/mol. The van der Waals surface area contributed by atoms with Crippen LogP contribution in [0.3, 0.4) is 0 Å². The van der Waals surface area contributed by atoms with Crippen LogP contribution in [0.25, 0.3) is 10.9 Å². The molecule has 0 radical (unpaired) electrons. The molecule has 0 fully saturated rings. The fourth-order valence-electron chi connectivity index (χ4n) is 3.23. The van der Waals surface area contributed by atoms with Crippen molar-refractivity contribution in [3.63, 3.8) is 0 Å². The molecule has 1 heterocycles. The van der Waals surface area contributed by atoms with Crippen LogP contribution >= 0.6 is 11.6 Å². The van der Waals surface area contributed by atoms with Crippen LogP contribution in [-0.2, 0) is 17.8 Å². The summed E-state index contributed by atoms with van der Waals surface area (Å²) in [5, 5.41) is 21.5. The van der Waals surface area contributed by atoms with Crippen LogP contribution in [-0.4, -0.2) is 27.7 Å². The number of carboxylic acid groups (broad SMARTS) is 1. The van der Waals surface area contributed by atoms with E-state index in [0.29, 0.717) is 22.9 Å². The van der Waals surface area contributed by atoms with Crippen LogP contribution in [0.1, 0.15) is 16.8 Å². The lowest BCUT2D eigenvalue weighted by Crippen LogP contribution is -2.05. The maximum atomic E-state index is 11.3. The number of nitrogens with zero attached hydrogens (tertiary/aromatic N) is 2. The van der Waals surface area contributed by atoms with E-state index in [2.05, 4.69) is 0 Å². The standard InChI is InChI=1S/C19H17ClN2O5/c1-11-14(8-19(23)24)15-7-18(27-2)16(20)9-17(15)21(11)10-12-4-3-5-13(6-12)22(25)26/h3-7,9H,8,10H2,1-2H3,(H,23,24). The van der Waals surface area contributed by atoms with Crippen molar-refractivity contribution in [2.75, 3.05) is 7.11 Å². The highest BCUT2D eigenvalue weighted by atomic mass is 35.5. The molecule has 0 aliphatic heterocycles. The van der Waals surface area contributed by atoms with Crippen molar-refractivity contribution in [2.45, 2.75) is 19.9 Å². The first-order valence-electron chi connectivity index (χ1n) is 8.12. The lowest BCUT2D eigenvalue weighted by Gasteiger charge is -2.10. The van der Waals surface area contributed by atoms with Gasteiger partial charge in [-0.2, -0.15) is 0 Å². The second-order valence-electron chi connectivity index (χ2n) is 6.15. The number of aromatic nitrogens is 1. The number of hydrogen-bond acceptors (Lipinski definition) is 4. The number of rotatable bonds is 6. The largest absolute Gasteiger partial charge is 0.495 e.